The fourth-order valence-corrected chi connectivity index (χ4v) is 2.08. The summed E-state index contributed by atoms with van der Waals surface area (Å²) in [5.41, 5.74) is 1.63. The summed E-state index contributed by atoms with van der Waals surface area (Å²) in [7, 11) is 0. The van der Waals surface area contributed by atoms with Crippen LogP contribution in [0.1, 0.15) is 12.5 Å². The van der Waals surface area contributed by atoms with Crippen molar-refractivity contribution >= 4 is 23.2 Å². The van der Waals surface area contributed by atoms with Crippen LogP contribution in [0, 0.1) is 18.6 Å². The van der Waals surface area contributed by atoms with Gasteiger partial charge in [0, 0.05) is 24.4 Å². The second-order valence-corrected chi connectivity index (χ2v) is 5.07. The van der Waals surface area contributed by atoms with Gasteiger partial charge < -0.3 is 10.2 Å². The van der Waals surface area contributed by atoms with Crippen LogP contribution in [0.4, 0.5) is 20.2 Å². The van der Waals surface area contributed by atoms with Gasteiger partial charge >= 0.3 is 0 Å². The lowest BCUT2D eigenvalue weighted by molar-refractivity contribution is -0.120. The summed E-state index contributed by atoms with van der Waals surface area (Å²) < 4.78 is 26.3. The second-order valence-electron chi connectivity index (χ2n) is 5.07. The maximum absolute atomic E-state index is 13.3. The van der Waals surface area contributed by atoms with Gasteiger partial charge in [0.15, 0.2) is 11.6 Å². The van der Waals surface area contributed by atoms with Gasteiger partial charge in [0.05, 0.1) is 0 Å². The molecule has 120 valence electrons. The van der Waals surface area contributed by atoms with E-state index < -0.39 is 23.4 Å². The van der Waals surface area contributed by atoms with E-state index in [9.17, 15) is 18.4 Å². The van der Waals surface area contributed by atoms with Crippen molar-refractivity contribution in [1.29, 1.82) is 0 Å². The van der Waals surface area contributed by atoms with Crippen molar-refractivity contribution in [3.05, 3.63) is 59.7 Å². The lowest BCUT2D eigenvalue weighted by Gasteiger charge is -2.21. The topological polar surface area (TPSA) is 49.4 Å². The lowest BCUT2D eigenvalue weighted by Crippen LogP contribution is -2.36. The maximum Gasteiger partial charge on any atom is 0.244 e. The molecule has 0 heterocycles. The number of carbonyl (C=O) groups excluding carboxylic acids is 2. The van der Waals surface area contributed by atoms with Gasteiger partial charge in [0.25, 0.3) is 0 Å². The zero-order valence-corrected chi connectivity index (χ0v) is 12.8. The number of hydrogen-bond acceptors (Lipinski definition) is 2. The molecule has 0 atom stereocenters. The lowest BCUT2D eigenvalue weighted by atomic mass is 10.2. The van der Waals surface area contributed by atoms with E-state index in [1.807, 2.05) is 19.1 Å². The first-order valence-electron chi connectivity index (χ1n) is 6.97. The van der Waals surface area contributed by atoms with E-state index in [4.69, 9.17) is 0 Å². The van der Waals surface area contributed by atoms with Crippen molar-refractivity contribution in [2.45, 2.75) is 13.8 Å². The standard InChI is InChI=1S/C17H16F2N2O2/c1-11-5-3-4-6-16(11)20-17(23)10-21(12(2)22)13-7-8-14(18)15(19)9-13/h3-9H,10H2,1-2H3,(H,20,23). The zero-order valence-electron chi connectivity index (χ0n) is 12.8. The van der Waals surface area contributed by atoms with Crippen LogP contribution in [0.25, 0.3) is 0 Å². The summed E-state index contributed by atoms with van der Waals surface area (Å²) in [6.07, 6.45) is 0. The summed E-state index contributed by atoms with van der Waals surface area (Å²) in [5, 5.41) is 2.69. The Morgan fingerprint density at radius 2 is 1.78 bits per heavy atom. The largest absolute Gasteiger partial charge is 0.324 e. The summed E-state index contributed by atoms with van der Waals surface area (Å²) in [4.78, 5) is 24.9. The van der Waals surface area contributed by atoms with Crippen molar-refractivity contribution in [2.24, 2.45) is 0 Å². The van der Waals surface area contributed by atoms with Gasteiger partial charge in [0.2, 0.25) is 11.8 Å². The molecule has 0 aromatic heterocycles. The number of nitrogens with one attached hydrogen (secondary N) is 1. The molecule has 23 heavy (non-hydrogen) atoms. The molecule has 0 aliphatic rings. The smallest absolute Gasteiger partial charge is 0.244 e. The molecule has 0 unspecified atom stereocenters. The van der Waals surface area contributed by atoms with Crippen molar-refractivity contribution in [1.82, 2.24) is 0 Å². The van der Waals surface area contributed by atoms with Crippen LogP contribution in [0.15, 0.2) is 42.5 Å². The average Bonchev–Trinajstić information content (AvgIpc) is 2.50. The van der Waals surface area contributed by atoms with E-state index in [0.717, 1.165) is 22.6 Å². The number of amides is 2. The first-order chi connectivity index (χ1) is 10.9. The van der Waals surface area contributed by atoms with Crippen LogP contribution >= 0.6 is 0 Å². The number of nitrogens with zero attached hydrogens (tertiary/aromatic N) is 1. The van der Waals surface area contributed by atoms with Crippen LogP contribution in [-0.2, 0) is 9.59 Å². The first kappa shape index (κ1) is 16.6. The quantitative estimate of drug-likeness (QED) is 0.940. The Balaban J connectivity index is 2.16. The van der Waals surface area contributed by atoms with Gasteiger partial charge in [-0.25, -0.2) is 8.78 Å². The highest BCUT2D eigenvalue weighted by atomic mass is 19.2. The Hall–Kier alpha value is -2.76. The normalized spacial score (nSPS) is 10.3. The van der Waals surface area contributed by atoms with Crippen molar-refractivity contribution in [3.63, 3.8) is 0 Å². The molecular weight excluding hydrogens is 302 g/mol. The average molecular weight is 318 g/mol. The molecular formula is C17H16F2N2O2. The summed E-state index contributed by atoms with van der Waals surface area (Å²) in [6, 6.07) is 10.3. The molecule has 2 aromatic carbocycles. The van der Waals surface area contributed by atoms with Gasteiger partial charge in [-0.1, -0.05) is 18.2 Å². The van der Waals surface area contributed by atoms with Crippen LogP contribution in [0.5, 0.6) is 0 Å². The predicted octanol–water partition coefficient (Wildman–Crippen LogP) is 3.26. The van der Waals surface area contributed by atoms with E-state index in [0.29, 0.717) is 5.69 Å². The van der Waals surface area contributed by atoms with Crippen LogP contribution in [-0.4, -0.2) is 18.4 Å². The van der Waals surface area contributed by atoms with Gasteiger partial charge in [0.1, 0.15) is 6.54 Å². The van der Waals surface area contributed by atoms with Gasteiger partial charge in [-0.3, -0.25) is 9.59 Å². The fraction of sp³-hybridized carbons (Fsp3) is 0.176. The highest BCUT2D eigenvalue weighted by Crippen LogP contribution is 2.19. The molecule has 0 radical (unpaired) electrons. The number of hydrogen-bond donors (Lipinski definition) is 1. The predicted molar refractivity (Wildman–Crippen MR) is 84.2 cm³/mol. The minimum atomic E-state index is -1.08. The van der Waals surface area contributed by atoms with Crippen LogP contribution in [0.2, 0.25) is 0 Å². The molecule has 0 spiro atoms. The zero-order chi connectivity index (χ0) is 17.0. The third kappa shape index (κ3) is 4.12. The Morgan fingerprint density at radius 1 is 1.09 bits per heavy atom. The summed E-state index contributed by atoms with van der Waals surface area (Å²) in [5.74, 6) is -2.97. The molecule has 2 aromatic rings. The number of aryl methyl sites for hydroxylation is 1. The maximum atomic E-state index is 13.3. The van der Waals surface area contributed by atoms with Gasteiger partial charge in [-0.15, -0.1) is 0 Å². The number of para-hydroxylation sites is 1. The Bertz CT molecular complexity index is 747. The van der Waals surface area contributed by atoms with E-state index in [-0.39, 0.29) is 12.2 Å². The van der Waals surface area contributed by atoms with Crippen molar-refractivity contribution in [2.75, 3.05) is 16.8 Å². The molecule has 2 amide bonds. The van der Waals surface area contributed by atoms with E-state index in [1.54, 1.807) is 12.1 Å². The fourth-order valence-electron chi connectivity index (χ4n) is 2.08. The molecule has 4 nitrogen and oxygen atoms in total. The third-order valence-electron chi connectivity index (χ3n) is 3.32. The molecule has 0 saturated heterocycles. The third-order valence-corrected chi connectivity index (χ3v) is 3.32. The van der Waals surface area contributed by atoms with Crippen molar-refractivity contribution < 1.29 is 18.4 Å². The highest BCUT2D eigenvalue weighted by Gasteiger charge is 2.17. The molecule has 0 aliphatic heterocycles. The van der Waals surface area contributed by atoms with Gasteiger partial charge in [-0.2, -0.15) is 0 Å². The SMILES string of the molecule is CC(=O)N(CC(=O)Nc1ccccc1C)c1ccc(F)c(F)c1. The monoisotopic (exact) mass is 318 g/mol. The van der Waals surface area contributed by atoms with Crippen LogP contribution in [0.3, 0.4) is 0 Å². The number of carbonyl (C=O) groups is 2. The minimum Gasteiger partial charge on any atom is -0.324 e. The van der Waals surface area contributed by atoms with Crippen LogP contribution < -0.4 is 10.2 Å². The molecule has 0 bridgehead atoms. The molecule has 6 heteroatoms. The van der Waals surface area contributed by atoms with E-state index >= 15 is 0 Å². The summed E-state index contributed by atoms with van der Waals surface area (Å²) in [6.45, 7) is 2.80. The summed E-state index contributed by atoms with van der Waals surface area (Å²) >= 11 is 0. The number of anilines is 2. The highest BCUT2D eigenvalue weighted by molar-refractivity contribution is 6.02. The molecule has 2 rings (SSSR count). The molecule has 0 saturated carbocycles. The Labute approximate surface area is 132 Å². The van der Waals surface area contributed by atoms with E-state index in [1.165, 1.54) is 13.0 Å². The molecule has 0 aliphatic carbocycles. The number of rotatable bonds is 4. The first-order valence-corrected chi connectivity index (χ1v) is 6.97. The molecule has 1 N–H and O–H groups in total. The Morgan fingerprint density at radius 3 is 2.39 bits per heavy atom. The van der Waals surface area contributed by atoms with Crippen molar-refractivity contribution in [3.8, 4) is 0 Å². The number of benzene rings is 2. The minimum absolute atomic E-state index is 0.122. The number of halogens is 2. The second kappa shape index (κ2) is 7.00. The van der Waals surface area contributed by atoms with Gasteiger partial charge in [-0.05, 0) is 30.7 Å². The molecule has 0 fully saturated rings. The Kier molecular flexibility index (Phi) is 5.05. The van der Waals surface area contributed by atoms with E-state index in [2.05, 4.69) is 5.32 Å².